The Balaban J connectivity index is 1.91. The molecule has 0 spiro atoms. The molecule has 0 saturated carbocycles. The molecule has 0 heterocycles. The quantitative estimate of drug-likeness (QED) is 0.411. The lowest BCUT2D eigenvalue weighted by Gasteiger charge is -2.10. The van der Waals surface area contributed by atoms with Gasteiger partial charge in [0, 0.05) is 0 Å². The number of benzene rings is 2. The summed E-state index contributed by atoms with van der Waals surface area (Å²) in [5.41, 5.74) is 1.21. The molecule has 0 aliphatic heterocycles. The molecule has 0 amide bonds. The lowest BCUT2D eigenvalue weighted by molar-refractivity contribution is 0.290. The average molecular weight is 362 g/mol. The van der Waals surface area contributed by atoms with E-state index in [0.29, 0.717) is 24.3 Å². The summed E-state index contributed by atoms with van der Waals surface area (Å²) in [6.45, 7) is 4.90. The van der Waals surface area contributed by atoms with Crippen LogP contribution in [0.3, 0.4) is 0 Å². The van der Waals surface area contributed by atoms with Crippen LogP contribution in [-0.4, -0.2) is 13.2 Å². The third kappa shape index (κ3) is 6.01. The highest BCUT2D eigenvalue weighted by atomic mass is 19.1. The molecule has 0 atom stereocenters. The van der Waals surface area contributed by atoms with Gasteiger partial charge in [-0.25, -0.2) is 8.78 Å². The lowest BCUT2D eigenvalue weighted by atomic mass is 10.0. The van der Waals surface area contributed by atoms with Gasteiger partial charge in [0.1, 0.15) is 0 Å². The molecule has 26 heavy (non-hydrogen) atoms. The van der Waals surface area contributed by atoms with Gasteiger partial charge in [-0.2, -0.15) is 0 Å². The first-order valence-electron chi connectivity index (χ1n) is 9.50. The molecular formula is C22H28F2O2. The van der Waals surface area contributed by atoms with Crippen LogP contribution >= 0.6 is 0 Å². The van der Waals surface area contributed by atoms with Crippen molar-refractivity contribution in [3.05, 3.63) is 48.0 Å². The Morgan fingerprint density at radius 3 is 1.77 bits per heavy atom. The highest BCUT2D eigenvalue weighted by Crippen LogP contribution is 2.29. The van der Waals surface area contributed by atoms with Gasteiger partial charge in [0.15, 0.2) is 23.1 Å². The van der Waals surface area contributed by atoms with Gasteiger partial charge < -0.3 is 9.47 Å². The molecule has 0 aliphatic carbocycles. The van der Waals surface area contributed by atoms with Gasteiger partial charge in [0.05, 0.1) is 13.2 Å². The normalized spacial score (nSPS) is 10.8. The summed E-state index contributed by atoms with van der Waals surface area (Å²) in [4.78, 5) is 0. The molecule has 0 saturated heterocycles. The molecule has 0 aromatic heterocycles. The summed E-state index contributed by atoms with van der Waals surface area (Å²) in [5.74, 6) is -0.430. The van der Waals surface area contributed by atoms with Crippen LogP contribution in [0.25, 0.3) is 11.1 Å². The number of ether oxygens (including phenoxy) is 2. The van der Waals surface area contributed by atoms with Gasteiger partial charge in [0.25, 0.3) is 0 Å². The van der Waals surface area contributed by atoms with Crippen LogP contribution in [0.4, 0.5) is 8.78 Å². The van der Waals surface area contributed by atoms with E-state index in [0.717, 1.165) is 12.8 Å². The van der Waals surface area contributed by atoms with Crippen molar-refractivity contribution in [2.24, 2.45) is 0 Å². The Labute approximate surface area is 155 Å². The van der Waals surface area contributed by atoms with Crippen molar-refractivity contribution in [1.29, 1.82) is 0 Å². The molecule has 2 aromatic carbocycles. The van der Waals surface area contributed by atoms with E-state index in [1.165, 1.54) is 37.8 Å². The van der Waals surface area contributed by atoms with Crippen LogP contribution in [-0.2, 0) is 0 Å². The first kappa shape index (κ1) is 20.2. The molecule has 2 nitrogen and oxygen atoms in total. The predicted molar refractivity (Wildman–Crippen MR) is 102 cm³/mol. The highest BCUT2D eigenvalue weighted by Gasteiger charge is 2.09. The van der Waals surface area contributed by atoms with Crippen molar-refractivity contribution in [2.45, 2.75) is 52.4 Å². The maximum Gasteiger partial charge on any atom is 0.165 e. The SMILES string of the molecule is CCCCCCCCOc1ccc(-c2ccc(OCC)c(F)c2)cc1F. The molecule has 2 aromatic rings. The van der Waals surface area contributed by atoms with E-state index in [1.807, 2.05) is 0 Å². The highest BCUT2D eigenvalue weighted by molar-refractivity contribution is 5.65. The van der Waals surface area contributed by atoms with Gasteiger partial charge in [0.2, 0.25) is 0 Å². The third-order valence-corrected chi connectivity index (χ3v) is 4.25. The summed E-state index contributed by atoms with van der Waals surface area (Å²) in [7, 11) is 0. The zero-order valence-corrected chi connectivity index (χ0v) is 15.7. The van der Waals surface area contributed by atoms with Crippen LogP contribution in [0.5, 0.6) is 11.5 Å². The van der Waals surface area contributed by atoms with Crippen molar-refractivity contribution in [3.8, 4) is 22.6 Å². The van der Waals surface area contributed by atoms with Crippen molar-refractivity contribution >= 4 is 0 Å². The number of unbranched alkanes of at least 4 members (excludes halogenated alkanes) is 5. The fourth-order valence-corrected chi connectivity index (χ4v) is 2.81. The molecule has 0 aliphatic rings. The maximum absolute atomic E-state index is 14.3. The second-order valence-corrected chi connectivity index (χ2v) is 6.34. The molecule has 0 radical (unpaired) electrons. The van der Waals surface area contributed by atoms with Crippen LogP contribution in [0.15, 0.2) is 36.4 Å². The number of hydrogen-bond donors (Lipinski definition) is 0. The number of hydrogen-bond acceptors (Lipinski definition) is 2. The lowest BCUT2D eigenvalue weighted by Crippen LogP contribution is -1.99. The standard InChI is InChI=1S/C22H28F2O2/c1-3-5-6-7-8-9-14-26-22-13-11-18(16-20(22)24)17-10-12-21(25-4-2)19(23)15-17/h10-13,15-16H,3-9,14H2,1-2H3. The van der Waals surface area contributed by atoms with E-state index in [4.69, 9.17) is 9.47 Å². The Morgan fingerprint density at radius 1 is 0.692 bits per heavy atom. The molecule has 142 valence electrons. The molecule has 0 fully saturated rings. The summed E-state index contributed by atoms with van der Waals surface area (Å²) < 4.78 is 39.0. The summed E-state index contributed by atoms with van der Waals surface area (Å²) in [6, 6.07) is 9.38. The van der Waals surface area contributed by atoms with Gasteiger partial charge in [-0.1, -0.05) is 51.2 Å². The Hall–Kier alpha value is -2.10. The third-order valence-electron chi connectivity index (χ3n) is 4.25. The van der Waals surface area contributed by atoms with Crippen LogP contribution in [0, 0.1) is 11.6 Å². The predicted octanol–water partition coefficient (Wildman–Crippen LogP) is 6.77. The smallest absolute Gasteiger partial charge is 0.165 e. The Morgan fingerprint density at radius 2 is 1.23 bits per heavy atom. The van der Waals surface area contributed by atoms with Crippen LogP contribution in [0.2, 0.25) is 0 Å². The summed E-state index contributed by atoms with van der Waals surface area (Å²) in [6.07, 6.45) is 6.97. The van der Waals surface area contributed by atoms with Crippen molar-refractivity contribution in [3.63, 3.8) is 0 Å². The van der Waals surface area contributed by atoms with E-state index in [1.54, 1.807) is 31.2 Å². The average Bonchev–Trinajstić information content (AvgIpc) is 2.64. The molecule has 0 bridgehead atoms. The summed E-state index contributed by atoms with van der Waals surface area (Å²) >= 11 is 0. The fraction of sp³-hybridized carbons (Fsp3) is 0.455. The van der Waals surface area contributed by atoms with Gasteiger partial charge in [-0.3, -0.25) is 0 Å². The van der Waals surface area contributed by atoms with Crippen molar-refractivity contribution < 1.29 is 18.3 Å². The minimum atomic E-state index is -0.451. The fourth-order valence-electron chi connectivity index (χ4n) is 2.81. The molecule has 4 heteroatoms. The van der Waals surface area contributed by atoms with Gasteiger partial charge in [-0.15, -0.1) is 0 Å². The largest absolute Gasteiger partial charge is 0.491 e. The minimum absolute atomic E-state index is 0.204. The first-order valence-corrected chi connectivity index (χ1v) is 9.50. The van der Waals surface area contributed by atoms with Crippen molar-refractivity contribution in [1.82, 2.24) is 0 Å². The minimum Gasteiger partial charge on any atom is -0.491 e. The zero-order chi connectivity index (χ0) is 18.8. The summed E-state index contributed by atoms with van der Waals surface area (Å²) in [5, 5.41) is 0. The van der Waals surface area contributed by atoms with Gasteiger partial charge in [-0.05, 0) is 48.7 Å². The van der Waals surface area contributed by atoms with Crippen molar-refractivity contribution in [2.75, 3.05) is 13.2 Å². The van der Waals surface area contributed by atoms with E-state index in [2.05, 4.69) is 6.92 Å². The topological polar surface area (TPSA) is 18.5 Å². The Kier molecular flexibility index (Phi) is 8.39. The molecule has 0 N–H and O–H groups in total. The maximum atomic E-state index is 14.3. The first-order chi connectivity index (χ1) is 12.7. The monoisotopic (exact) mass is 362 g/mol. The second kappa shape index (κ2) is 10.8. The van der Waals surface area contributed by atoms with Gasteiger partial charge >= 0.3 is 0 Å². The molecule has 2 rings (SSSR count). The molecular weight excluding hydrogens is 334 g/mol. The molecule has 0 unspecified atom stereocenters. The van der Waals surface area contributed by atoms with Crippen LogP contribution in [0.1, 0.15) is 52.4 Å². The van der Waals surface area contributed by atoms with E-state index >= 15 is 0 Å². The van der Waals surface area contributed by atoms with E-state index in [-0.39, 0.29) is 11.5 Å². The number of rotatable bonds is 11. The van der Waals surface area contributed by atoms with E-state index in [9.17, 15) is 8.78 Å². The second-order valence-electron chi connectivity index (χ2n) is 6.34. The Bertz CT molecular complexity index is 686. The zero-order valence-electron chi connectivity index (χ0n) is 15.7. The van der Waals surface area contributed by atoms with E-state index < -0.39 is 11.6 Å². The van der Waals surface area contributed by atoms with Crippen LogP contribution < -0.4 is 9.47 Å². The number of halogens is 2.